The summed E-state index contributed by atoms with van der Waals surface area (Å²) >= 11 is 0. The Hall–Kier alpha value is -1.24. The number of unbranched alkanes of at least 4 members (excludes halogenated alkanes) is 1. The smallest absolute Gasteiger partial charge is 0.409 e. The minimum Gasteiger partial charge on any atom is -0.449 e. The summed E-state index contributed by atoms with van der Waals surface area (Å²) in [5.41, 5.74) is 0. The fourth-order valence-electron chi connectivity index (χ4n) is 1.43. The van der Waals surface area contributed by atoms with Crippen LogP contribution in [-0.2, 0) is 4.74 Å². The van der Waals surface area contributed by atoms with Crippen molar-refractivity contribution in [2.24, 2.45) is 5.92 Å². The molecule has 1 amide bonds. The number of nitrogens with zero attached hydrogens (tertiary/aromatic N) is 2. The number of hydrogen-bond acceptors (Lipinski definition) is 3. The number of carbonyl (C=O) groups is 1. The summed E-state index contributed by atoms with van der Waals surface area (Å²) in [6, 6.07) is 2.17. The van der Waals surface area contributed by atoms with Gasteiger partial charge in [-0.1, -0.05) is 13.3 Å². The molecule has 4 nitrogen and oxygen atoms in total. The molecule has 0 radical (unpaired) electrons. The third kappa shape index (κ3) is 2.91. The Morgan fingerprint density at radius 1 is 1.71 bits per heavy atom. The van der Waals surface area contributed by atoms with E-state index in [2.05, 4.69) is 13.0 Å². The summed E-state index contributed by atoms with van der Waals surface area (Å²) in [6.45, 7) is 3.73. The molecule has 0 saturated carbocycles. The van der Waals surface area contributed by atoms with E-state index in [-0.39, 0.29) is 12.0 Å². The predicted octanol–water partition coefficient (Wildman–Crippen LogP) is 1.77. The predicted molar refractivity (Wildman–Crippen MR) is 51.5 cm³/mol. The summed E-state index contributed by atoms with van der Waals surface area (Å²) in [5.74, 6) is -0.00581. The van der Waals surface area contributed by atoms with Crippen LogP contribution in [0.4, 0.5) is 4.79 Å². The first-order chi connectivity index (χ1) is 6.77. The monoisotopic (exact) mass is 196 g/mol. The van der Waals surface area contributed by atoms with Gasteiger partial charge in [-0.25, -0.2) is 4.79 Å². The van der Waals surface area contributed by atoms with E-state index in [9.17, 15) is 4.79 Å². The highest BCUT2D eigenvalue weighted by molar-refractivity contribution is 5.68. The van der Waals surface area contributed by atoms with Crippen LogP contribution >= 0.6 is 0 Å². The Labute approximate surface area is 84.4 Å². The molecule has 0 aliphatic carbocycles. The summed E-state index contributed by atoms with van der Waals surface area (Å²) in [6.07, 6.45) is 2.44. The van der Waals surface area contributed by atoms with E-state index in [1.165, 1.54) is 0 Å². The Bertz CT molecular complexity index is 235. The second-order valence-electron chi connectivity index (χ2n) is 3.53. The summed E-state index contributed by atoms with van der Waals surface area (Å²) in [4.78, 5) is 13.0. The third-order valence-electron chi connectivity index (χ3n) is 2.35. The van der Waals surface area contributed by atoms with Gasteiger partial charge < -0.3 is 9.64 Å². The molecule has 1 atom stereocenters. The molecular formula is C10H16N2O2. The van der Waals surface area contributed by atoms with Crippen molar-refractivity contribution in [3.63, 3.8) is 0 Å². The van der Waals surface area contributed by atoms with Crippen LogP contribution in [0.25, 0.3) is 0 Å². The number of rotatable bonds is 3. The molecule has 0 unspecified atom stereocenters. The van der Waals surface area contributed by atoms with Gasteiger partial charge in [-0.15, -0.1) is 0 Å². The van der Waals surface area contributed by atoms with E-state index >= 15 is 0 Å². The number of likely N-dealkylation sites (tertiary alicyclic amines) is 1. The molecule has 14 heavy (non-hydrogen) atoms. The zero-order valence-corrected chi connectivity index (χ0v) is 8.53. The molecule has 78 valence electrons. The van der Waals surface area contributed by atoms with Crippen molar-refractivity contribution in [2.75, 3.05) is 19.7 Å². The first kappa shape index (κ1) is 10.8. The van der Waals surface area contributed by atoms with Gasteiger partial charge in [0.2, 0.25) is 0 Å². The van der Waals surface area contributed by atoms with E-state index in [0.29, 0.717) is 19.7 Å². The maximum atomic E-state index is 11.4. The molecule has 0 aromatic rings. The van der Waals surface area contributed by atoms with Crippen molar-refractivity contribution < 1.29 is 9.53 Å². The van der Waals surface area contributed by atoms with Crippen molar-refractivity contribution in [3.8, 4) is 6.07 Å². The molecule has 0 N–H and O–H groups in total. The average Bonchev–Trinajstić information content (AvgIpc) is 2.66. The Morgan fingerprint density at radius 2 is 2.50 bits per heavy atom. The lowest BCUT2D eigenvalue weighted by Crippen LogP contribution is -2.29. The first-order valence-electron chi connectivity index (χ1n) is 5.09. The zero-order chi connectivity index (χ0) is 10.4. The average molecular weight is 196 g/mol. The quantitative estimate of drug-likeness (QED) is 0.646. The first-order valence-corrected chi connectivity index (χ1v) is 5.09. The SMILES string of the molecule is CCCCOC(=O)N1CC[C@@H](C#N)C1. The number of amides is 1. The van der Waals surface area contributed by atoms with Crippen LogP contribution in [-0.4, -0.2) is 30.7 Å². The number of nitriles is 1. The van der Waals surface area contributed by atoms with Gasteiger partial charge in [0.1, 0.15) is 0 Å². The van der Waals surface area contributed by atoms with Crippen LogP contribution in [0.2, 0.25) is 0 Å². The molecule has 1 heterocycles. The van der Waals surface area contributed by atoms with Gasteiger partial charge in [0, 0.05) is 13.1 Å². The molecule has 1 aliphatic rings. The van der Waals surface area contributed by atoms with Gasteiger partial charge in [-0.3, -0.25) is 0 Å². The van der Waals surface area contributed by atoms with Crippen LogP contribution in [0.15, 0.2) is 0 Å². The molecule has 4 heteroatoms. The maximum absolute atomic E-state index is 11.4. The van der Waals surface area contributed by atoms with Crippen molar-refractivity contribution >= 4 is 6.09 Å². The fraction of sp³-hybridized carbons (Fsp3) is 0.800. The summed E-state index contributed by atoms with van der Waals surface area (Å²) < 4.78 is 5.04. The molecule has 1 fully saturated rings. The number of ether oxygens (including phenoxy) is 1. The van der Waals surface area contributed by atoms with E-state index in [1.54, 1.807) is 4.90 Å². The van der Waals surface area contributed by atoms with Crippen LogP contribution in [0.1, 0.15) is 26.2 Å². The van der Waals surface area contributed by atoms with Gasteiger partial charge in [-0.2, -0.15) is 5.26 Å². The number of carbonyl (C=O) groups excluding carboxylic acids is 1. The lowest BCUT2D eigenvalue weighted by molar-refractivity contribution is 0.108. The van der Waals surface area contributed by atoms with Gasteiger partial charge in [0.15, 0.2) is 0 Å². The van der Waals surface area contributed by atoms with Crippen LogP contribution in [0.3, 0.4) is 0 Å². The number of hydrogen-bond donors (Lipinski definition) is 0. The van der Waals surface area contributed by atoms with Crippen molar-refractivity contribution in [1.29, 1.82) is 5.26 Å². The van der Waals surface area contributed by atoms with Crippen LogP contribution in [0, 0.1) is 17.2 Å². The molecule has 1 aliphatic heterocycles. The molecule has 0 bridgehead atoms. The Morgan fingerprint density at radius 3 is 3.07 bits per heavy atom. The minimum absolute atomic E-state index is 0.00581. The second kappa shape index (κ2) is 5.48. The summed E-state index contributed by atoms with van der Waals surface area (Å²) in [5, 5.41) is 8.65. The van der Waals surface area contributed by atoms with Crippen molar-refractivity contribution in [3.05, 3.63) is 0 Å². The van der Waals surface area contributed by atoms with Gasteiger partial charge in [-0.05, 0) is 12.8 Å². The minimum atomic E-state index is -0.267. The Balaban J connectivity index is 2.22. The van der Waals surface area contributed by atoms with E-state index in [1.807, 2.05) is 0 Å². The standard InChI is InChI=1S/C10H16N2O2/c1-2-3-6-14-10(13)12-5-4-9(7-11)8-12/h9H,2-6,8H2,1H3/t9-/m0/s1. The topological polar surface area (TPSA) is 53.3 Å². The molecule has 1 rings (SSSR count). The highest BCUT2D eigenvalue weighted by atomic mass is 16.6. The fourth-order valence-corrected chi connectivity index (χ4v) is 1.43. The van der Waals surface area contributed by atoms with Crippen molar-refractivity contribution in [1.82, 2.24) is 4.90 Å². The van der Waals surface area contributed by atoms with E-state index in [0.717, 1.165) is 19.3 Å². The zero-order valence-electron chi connectivity index (χ0n) is 8.53. The van der Waals surface area contributed by atoms with E-state index in [4.69, 9.17) is 10.00 Å². The normalized spacial score (nSPS) is 20.6. The maximum Gasteiger partial charge on any atom is 0.409 e. The molecule has 0 spiro atoms. The second-order valence-corrected chi connectivity index (χ2v) is 3.53. The lowest BCUT2D eigenvalue weighted by atomic mass is 10.1. The highest BCUT2D eigenvalue weighted by Gasteiger charge is 2.26. The molecule has 1 saturated heterocycles. The van der Waals surface area contributed by atoms with Gasteiger partial charge >= 0.3 is 6.09 Å². The third-order valence-corrected chi connectivity index (χ3v) is 2.35. The van der Waals surface area contributed by atoms with E-state index < -0.39 is 0 Å². The lowest BCUT2D eigenvalue weighted by Gasteiger charge is -2.14. The summed E-state index contributed by atoms with van der Waals surface area (Å²) in [7, 11) is 0. The highest BCUT2D eigenvalue weighted by Crippen LogP contribution is 2.15. The van der Waals surface area contributed by atoms with Crippen LogP contribution in [0.5, 0.6) is 0 Å². The van der Waals surface area contributed by atoms with Gasteiger partial charge in [0.25, 0.3) is 0 Å². The molecule has 0 aromatic heterocycles. The Kier molecular flexibility index (Phi) is 4.24. The molecular weight excluding hydrogens is 180 g/mol. The van der Waals surface area contributed by atoms with Gasteiger partial charge in [0.05, 0.1) is 18.6 Å². The van der Waals surface area contributed by atoms with Crippen LogP contribution < -0.4 is 0 Å². The molecule has 0 aromatic carbocycles. The van der Waals surface area contributed by atoms with Crippen molar-refractivity contribution in [2.45, 2.75) is 26.2 Å². The largest absolute Gasteiger partial charge is 0.449 e.